The number of nitrogens with zero attached hydrogens (tertiary/aromatic N) is 2. The molecule has 0 saturated heterocycles. The van der Waals surface area contributed by atoms with Gasteiger partial charge in [-0.2, -0.15) is 0 Å². The van der Waals surface area contributed by atoms with Crippen LogP contribution in [0.1, 0.15) is 16.1 Å². The summed E-state index contributed by atoms with van der Waals surface area (Å²) in [6.07, 6.45) is 3.87. The molecule has 2 aromatic carbocycles. The molecule has 0 bridgehead atoms. The molecule has 1 amide bonds. The molecule has 0 saturated carbocycles. The average Bonchev–Trinajstić information content (AvgIpc) is 3.12. The Morgan fingerprint density at radius 2 is 1.89 bits per heavy atom. The van der Waals surface area contributed by atoms with E-state index in [-0.39, 0.29) is 5.69 Å². The van der Waals surface area contributed by atoms with E-state index in [4.69, 9.17) is 0 Å². The molecule has 0 radical (unpaired) electrons. The minimum absolute atomic E-state index is 0.0634. The SMILES string of the molecule is O=C(Nc1ccc(F)cc1F)c1ccccc1SCc1cn2ccccc2n1. The third kappa shape index (κ3) is 3.89. The number of carbonyl (C=O) groups is 1. The van der Waals surface area contributed by atoms with E-state index in [1.807, 2.05) is 47.1 Å². The number of hydrogen-bond acceptors (Lipinski definition) is 3. The Morgan fingerprint density at radius 1 is 1.07 bits per heavy atom. The quantitative estimate of drug-likeness (QED) is 0.475. The average molecular weight is 395 g/mol. The summed E-state index contributed by atoms with van der Waals surface area (Å²) in [6, 6.07) is 15.9. The molecule has 4 rings (SSSR count). The van der Waals surface area contributed by atoms with E-state index in [2.05, 4.69) is 10.3 Å². The summed E-state index contributed by atoms with van der Waals surface area (Å²) in [4.78, 5) is 17.9. The maximum absolute atomic E-state index is 13.8. The first-order chi connectivity index (χ1) is 13.6. The van der Waals surface area contributed by atoms with Crippen LogP contribution >= 0.6 is 11.8 Å². The Hall–Kier alpha value is -3.19. The second-order valence-electron chi connectivity index (χ2n) is 6.06. The van der Waals surface area contributed by atoms with Gasteiger partial charge in [0.2, 0.25) is 0 Å². The molecule has 140 valence electrons. The normalized spacial score (nSPS) is 10.9. The summed E-state index contributed by atoms with van der Waals surface area (Å²) in [5.74, 6) is -1.39. The number of hydrogen-bond donors (Lipinski definition) is 1. The molecule has 28 heavy (non-hydrogen) atoms. The fourth-order valence-electron chi connectivity index (χ4n) is 2.77. The van der Waals surface area contributed by atoms with Gasteiger partial charge in [-0.05, 0) is 36.4 Å². The maximum atomic E-state index is 13.8. The highest BCUT2D eigenvalue weighted by molar-refractivity contribution is 7.98. The molecular weight excluding hydrogens is 380 g/mol. The van der Waals surface area contributed by atoms with Crippen molar-refractivity contribution in [1.29, 1.82) is 0 Å². The molecule has 0 atom stereocenters. The number of aromatic nitrogens is 2. The molecule has 0 aliphatic carbocycles. The van der Waals surface area contributed by atoms with Crippen molar-refractivity contribution in [2.24, 2.45) is 0 Å². The second kappa shape index (κ2) is 7.82. The zero-order valence-corrected chi connectivity index (χ0v) is 15.4. The molecule has 0 aliphatic heterocycles. The minimum Gasteiger partial charge on any atom is -0.319 e. The zero-order chi connectivity index (χ0) is 19.5. The van der Waals surface area contributed by atoms with E-state index in [1.165, 1.54) is 17.8 Å². The van der Waals surface area contributed by atoms with Crippen molar-refractivity contribution in [3.8, 4) is 0 Å². The first-order valence-corrected chi connectivity index (χ1v) is 9.49. The third-order valence-electron chi connectivity index (χ3n) is 4.10. The van der Waals surface area contributed by atoms with E-state index >= 15 is 0 Å². The van der Waals surface area contributed by atoms with Gasteiger partial charge < -0.3 is 9.72 Å². The first-order valence-electron chi connectivity index (χ1n) is 8.51. The maximum Gasteiger partial charge on any atom is 0.256 e. The van der Waals surface area contributed by atoms with Crippen molar-refractivity contribution in [3.63, 3.8) is 0 Å². The van der Waals surface area contributed by atoms with Gasteiger partial charge in [-0.3, -0.25) is 4.79 Å². The topological polar surface area (TPSA) is 46.4 Å². The van der Waals surface area contributed by atoms with Crippen LogP contribution in [0.4, 0.5) is 14.5 Å². The lowest BCUT2D eigenvalue weighted by Crippen LogP contribution is -2.14. The van der Waals surface area contributed by atoms with Crippen LogP contribution in [0.25, 0.3) is 5.65 Å². The van der Waals surface area contributed by atoms with Crippen LogP contribution in [0, 0.1) is 11.6 Å². The minimum atomic E-state index is -0.816. The lowest BCUT2D eigenvalue weighted by molar-refractivity contribution is 0.102. The molecule has 0 spiro atoms. The molecule has 0 aliphatic rings. The van der Waals surface area contributed by atoms with Crippen LogP contribution in [0.15, 0.2) is 78.0 Å². The highest BCUT2D eigenvalue weighted by atomic mass is 32.2. The molecule has 7 heteroatoms. The number of thioether (sulfide) groups is 1. The van der Waals surface area contributed by atoms with E-state index < -0.39 is 17.5 Å². The van der Waals surface area contributed by atoms with Crippen LogP contribution in [0.5, 0.6) is 0 Å². The molecule has 1 N–H and O–H groups in total. The Balaban J connectivity index is 1.52. The fraction of sp³-hybridized carbons (Fsp3) is 0.0476. The van der Waals surface area contributed by atoms with Crippen molar-refractivity contribution < 1.29 is 13.6 Å². The number of amides is 1. The summed E-state index contributed by atoms with van der Waals surface area (Å²) >= 11 is 1.47. The summed E-state index contributed by atoms with van der Waals surface area (Å²) in [6.45, 7) is 0. The number of imidazole rings is 1. The molecule has 2 heterocycles. The Bertz CT molecular complexity index is 1130. The number of halogens is 2. The second-order valence-corrected chi connectivity index (χ2v) is 7.08. The van der Waals surface area contributed by atoms with Crippen molar-refractivity contribution in [2.75, 3.05) is 5.32 Å². The lowest BCUT2D eigenvalue weighted by Gasteiger charge is -2.10. The Labute approximate surface area is 164 Å². The van der Waals surface area contributed by atoms with E-state index in [0.717, 1.165) is 28.4 Å². The van der Waals surface area contributed by atoms with Gasteiger partial charge in [0.25, 0.3) is 5.91 Å². The van der Waals surface area contributed by atoms with E-state index in [9.17, 15) is 13.6 Å². The number of carbonyl (C=O) groups excluding carboxylic acids is 1. The fourth-order valence-corrected chi connectivity index (χ4v) is 3.70. The summed E-state index contributed by atoms with van der Waals surface area (Å²) < 4.78 is 28.8. The molecule has 2 aromatic heterocycles. The number of anilines is 1. The standard InChI is InChI=1S/C21H15F2N3OS/c22-14-8-9-18(17(23)11-14)25-21(27)16-5-1-2-6-19(16)28-13-15-12-26-10-4-3-7-20(26)24-15/h1-12H,13H2,(H,25,27). The predicted octanol–water partition coefficient (Wildman–Crippen LogP) is 5.16. The van der Waals surface area contributed by atoms with Crippen LogP contribution in [0.2, 0.25) is 0 Å². The number of nitrogens with one attached hydrogen (secondary N) is 1. The summed E-state index contributed by atoms with van der Waals surface area (Å²) in [7, 11) is 0. The summed E-state index contributed by atoms with van der Waals surface area (Å²) in [5, 5.41) is 2.50. The highest BCUT2D eigenvalue weighted by Gasteiger charge is 2.14. The number of fused-ring (bicyclic) bond motifs is 1. The number of rotatable bonds is 5. The van der Waals surface area contributed by atoms with Crippen molar-refractivity contribution in [1.82, 2.24) is 9.38 Å². The molecule has 4 nitrogen and oxygen atoms in total. The van der Waals surface area contributed by atoms with Crippen LogP contribution < -0.4 is 5.32 Å². The monoisotopic (exact) mass is 395 g/mol. The molecule has 0 unspecified atom stereocenters. The van der Waals surface area contributed by atoms with Gasteiger partial charge >= 0.3 is 0 Å². The number of benzene rings is 2. The van der Waals surface area contributed by atoms with Crippen molar-refractivity contribution >= 4 is 29.0 Å². The van der Waals surface area contributed by atoms with Gasteiger partial charge in [0.15, 0.2) is 0 Å². The Morgan fingerprint density at radius 3 is 2.71 bits per heavy atom. The molecule has 0 fully saturated rings. The van der Waals surface area contributed by atoms with E-state index in [1.54, 1.807) is 12.1 Å². The van der Waals surface area contributed by atoms with Gasteiger partial charge in [0, 0.05) is 29.1 Å². The van der Waals surface area contributed by atoms with Crippen LogP contribution in [-0.2, 0) is 5.75 Å². The largest absolute Gasteiger partial charge is 0.319 e. The van der Waals surface area contributed by atoms with Gasteiger partial charge in [0.05, 0.1) is 16.9 Å². The van der Waals surface area contributed by atoms with Gasteiger partial charge in [-0.15, -0.1) is 11.8 Å². The lowest BCUT2D eigenvalue weighted by atomic mass is 10.2. The predicted molar refractivity (Wildman–Crippen MR) is 106 cm³/mol. The molecular formula is C21H15F2N3OS. The van der Waals surface area contributed by atoms with Gasteiger partial charge in [0.1, 0.15) is 17.3 Å². The molecule has 4 aromatic rings. The van der Waals surface area contributed by atoms with Crippen molar-refractivity contribution in [2.45, 2.75) is 10.6 Å². The summed E-state index contributed by atoms with van der Waals surface area (Å²) in [5.41, 5.74) is 2.10. The van der Waals surface area contributed by atoms with Gasteiger partial charge in [-0.25, -0.2) is 13.8 Å². The van der Waals surface area contributed by atoms with Crippen LogP contribution in [0.3, 0.4) is 0 Å². The van der Waals surface area contributed by atoms with Crippen molar-refractivity contribution in [3.05, 3.63) is 95.9 Å². The third-order valence-corrected chi connectivity index (χ3v) is 5.21. The zero-order valence-electron chi connectivity index (χ0n) is 14.6. The van der Waals surface area contributed by atoms with Crippen LogP contribution in [-0.4, -0.2) is 15.3 Å². The smallest absolute Gasteiger partial charge is 0.256 e. The number of pyridine rings is 1. The highest BCUT2D eigenvalue weighted by Crippen LogP contribution is 2.27. The van der Waals surface area contributed by atoms with E-state index in [0.29, 0.717) is 11.3 Å². The first kappa shape index (κ1) is 18.2. The Kier molecular flexibility index (Phi) is 5.08. The van der Waals surface area contributed by atoms with Gasteiger partial charge in [-0.1, -0.05) is 18.2 Å².